The molecule has 0 spiro atoms. The minimum absolute atomic E-state index is 0.0833. The number of amides is 1. The molecule has 1 saturated heterocycles. The van der Waals surface area contributed by atoms with Gasteiger partial charge in [-0.1, -0.05) is 13.3 Å². The van der Waals surface area contributed by atoms with Crippen LogP contribution in [0.3, 0.4) is 0 Å². The molecule has 1 aliphatic heterocycles. The Labute approximate surface area is 97.4 Å². The van der Waals surface area contributed by atoms with Crippen LogP contribution >= 0.6 is 0 Å². The first kappa shape index (κ1) is 13.2. The zero-order chi connectivity index (χ0) is 11.8. The molecule has 0 radical (unpaired) electrons. The van der Waals surface area contributed by atoms with Gasteiger partial charge in [-0.05, 0) is 25.8 Å². The van der Waals surface area contributed by atoms with E-state index in [1.54, 1.807) is 0 Å². The minimum Gasteiger partial charge on any atom is -0.355 e. The van der Waals surface area contributed by atoms with Crippen LogP contribution in [0.2, 0.25) is 0 Å². The molecule has 4 heteroatoms. The summed E-state index contributed by atoms with van der Waals surface area (Å²) in [6.07, 6.45) is 5.13. The Kier molecular flexibility index (Phi) is 6.08. The Morgan fingerprint density at radius 3 is 3.06 bits per heavy atom. The average Bonchev–Trinajstić information content (AvgIpc) is 2.29. The van der Waals surface area contributed by atoms with Gasteiger partial charge in [-0.2, -0.15) is 0 Å². The SMILES string of the molecule is CCCCNC(=O)CN1CCCC(C=O)C1. The van der Waals surface area contributed by atoms with E-state index in [-0.39, 0.29) is 11.8 Å². The van der Waals surface area contributed by atoms with Crippen LogP contribution in [0.4, 0.5) is 0 Å². The maximum atomic E-state index is 11.5. The van der Waals surface area contributed by atoms with E-state index >= 15 is 0 Å². The van der Waals surface area contributed by atoms with E-state index in [2.05, 4.69) is 17.1 Å². The van der Waals surface area contributed by atoms with E-state index in [1.165, 1.54) is 0 Å². The predicted molar refractivity (Wildman–Crippen MR) is 63.1 cm³/mol. The highest BCUT2D eigenvalue weighted by atomic mass is 16.2. The van der Waals surface area contributed by atoms with Crippen LogP contribution in [-0.4, -0.2) is 43.3 Å². The molecule has 1 heterocycles. The maximum Gasteiger partial charge on any atom is 0.234 e. The molecule has 92 valence electrons. The van der Waals surface area contributed by atoms with E-state index in [9.17, 15) is 9.59 Å². The van der Waals surface area contributed by atoms with Crippen molar-refractivity contribution in [3.05, 3.63) is 0 Å². The predicted octanol–water partition coefficient (Wildman–Crippen LogP) is 0.814. The number of nitrogens with one attached hydrogen (secondary N) is 1. The molecule has 1 N–H and O–H groups in total. The highest BCUT2D eigenvalue weighted by molar-refractivity contribution is 5.78. The number of carbonyl (C=O) groups excluding carboxylic acids is 2. The molecular formula is C12H22N2O2. The largest absolute Gasteiger partial charge is 0.355 e. The quantitative estimate of drug-likeness (QED) is 0.538. The van der Waals surface area contributed by atoms with Crippen LogP contribution in [0.5, 0.6) is 0 Å². The second-order valence-electron chi connectivity index (χ2n) is 4.48. The number of unbranched alkanes of at least 4 members (excludes halogenated alkanes) is 1. The lowest BCUT2D eigenvalue weighted by Crippen LogP contribution is -2.43. The summed E-state index contributed by atoms with van der Waals surface area (Å²) in [5, 5.41) is 2.89. The van der Waals surface area contributed by atoms with Crippen molar-refractivity contribution in [2.45, 2.75) is 32.6 Å². The van der Waals surface area contributed by atoms with Crippen LogP contribution in [0.15, 0.2) is 0 Å². The molecule has 1 unspecified atom stereocenters. The molecule has 0 saturated carbocycles. The molecule has 4 nitrogen and oxygen atoms in total. The number of piperidine rings is 1. The van der Waals surface area contributed by atoms with Gasteiger partial charge in [0.05, 0.1) is 6.54 Å². The molecule has 1 aliphatic rings. The molecular weight excluding hydrogens is 204 g/mol. The lowest BCUT2D eigenvalue weighted by molar-refractivity contribution is -0.123. The summed E-state index contributed by atoms with van der Waals surface area (Å²) >= 11 is 0. The van der Waals surface area contributed by atoms with Gasteiger partial charge >= 0.3 is 0 Å². The molecule has 1 atom stereocenters. The van der Waals surface area contributed by atoms with Gasteiger partial charge in [0.2, 0.25) is 5.91 Å². The van der Waals surface area contributed by atoms with Gasteiger partial charge in [0.15, 0.2) is 0 Å². The summed E-state index contributed by atoms with van der Waals surface area (Å²) in [5.74, 6) is 0.206. The molecule has 0 aromatic heterocycles. The summed E-state index contributed by atoms with van der Waals surface area (Å²) in [4.78, 5) is 24.3. The van der Waals surface area contributed by atoms with Gasteiger partial charge < -0.3 is 10.1 Å². The van der Waals surface area contributed by atoms with Crippen LogP contribution < -0.4 is 5.32 Å². The van der Waals surface area contributed by atoms with Crippen molar-refractivity contribution in [1.29, 1.82) is 0 Å². The monoisotopic (exact) mass is 226 g/mol. The Morgan fingerprint density at radius 1 is 1.56 bits per heavy atom. The van der Waals surface area contributed by atoms with E-state index in [0.717, 1.165) is 51.6 Å². The zero-order valence-corrected chi connectivity index (χ0v) is 10.1. The molecule has 0 aromatic carbocycles. The molecule has 16 heavy (non-hydrogen) atoms. The third kappa shape index (κ3) is 4.75. The molecule has 1 amide bonds. The van der Waals surface area contributed by atoms with Crippen molar-refractivity contribution in [3.8, 4) is 0 Å². The normalized spacial score (nSPS) is 21.7. The van der Waals surface area contributed by atoms with Gasteiger partial charge in [-0.25, -0.2) is 0 Å². The van der Waals surface area contributed by atoms with E-state index in [0.29, 0.717) is 6.54 Å². The highest BCUT2D eigenvalue weighted by Gasteiger charge is 2.20. The lowest BCUT2D eigenvalue weighted by Gasteiger charge is -2.29. The summed E-state index contributed by atoms with van der Waals surface area (Å²) in [6.45, 7) is 4.98. The third-order valence-electron chi connectivity index (χ3n) is 2.95. The van der Waals surface area contributed by atoms with Crippen molar-refractivity contribution in [2.75, 3.05) is 26.2 Å². The van der Waals surface area contributed by atoms with Crippen molar-refractivity contribution in [1.82, 2.24) is 10.2 Å². The fraction of sp³-hybridized carbons (Fsp3) is 0.833. The van der Waals surface area contributed by atoms with E-state index in [4.69, 9.17) is 0 Å². The summed E-state index contributed by atoms with van der Waals surface area (Å²) in [5.41, 5.74) is 0. The second kappa shape index (κ2) is 7.39. The molecule has 0 aromatic rings. The number of hydrogen-bond donors (Lipinski definition) is 1. The smallest absolute Gasteiger partial charge is 0.234 e. The Hall–Kier alpha value is -0.900. The number of likely N-dealkylation sites (tertiary alicyclic amines) is 1. The van der Waals surface area contributed by atoms with E-state index in [1.807, 2.05) is 0 Å². The zero-order valence-electron chi connectivity index (χ0n) is 10.1. The molecule has 0 bridgehead atoms. The second-order valence-corrected chi connectivity index (χ2v) is 4.48. The van der Waals surface area contributed by atoms with Crippen LogP contribution in [0, 0.1) is 5.92 Å². The summed E-state index contributed by atoms with van der Waals surface area (Å²) in [7, 11) is 0. The lowest BCUT2D eigenvalue weighted by atomic mass is 10.00. The fourth-order valence-electron chi connectivity index (χ4n) is 2.01. The fourth-order valence-corrected chi connectivity index (χ4v) is 2.01. The molecule has 1 fully saturated rings. The third-order valence-corrected chi connectivity index (χ3v) is 2.95. The van der Waals surface area contributed by atoms with Gasteiger partial charge in [-0.3, -0.25) is 9.69 Å². The minimum atomic E-state index is 0.0833. The Morgan fingerprint density at radius 2 is 2.38 bits per heavy atom. The number of nitrogens with zero attached hydrogens (tertiary/aromatic N) is 1. The van der Waals surface area contributed by atoms with Crippen LogP contribution in [0.25, 0.3) is 0 Å². The van der Waals surface area contributed by atoms with Crippen molar-refractivity contribution in [3.63, 3.8) is 0 Å². The van der Waals surface area contributed by atoms with Crippen molar-refractivity contribution in [2.24, 2.45) is 5.92 Å². The number of rotatable bonds is 6. The Balaban J connectivity index is 2.19. The number of carbonyl (C=O) groups is 2. The maximum absolute atomic E-state index is 11.5. The Bertz CT molecular complexity index is 231. The summed E-state index contributed by atoms with van der Waals surface area (Å²) in [6, 6.07) is 0. The van der Waals surface area contributed by atoms with Crippen LogP contribution in [0.1, 0.15) is 32.6 Å². The van der Waals surface area contributed by atoms with Crippen molar-refractivity contribution >= 4 is 12.2 Å². The number of aldehydes is 1. The van der Waals surface area contributed by atoms with Gasteiger partial charge in [0.1, 0.15) is 6.29 Å². The van der Waals surface area contributed by atoms with Gasteiger partial charge in [0.25, 0.3) is 0 Å². The molecule has 0 aliphatic carbocycles. The molecule has 1 rings (SSSR count). The first-order valence-corrected chi connectivity index (χ1v) is 6.20. The van der Waals surface area contributed by atoms with Gasteiger partial charge in [-0.15, -0.1) is 0 Å². The average molecular weight is 226 g/mol. The van der Waals surface area contributed by atoms with Crippen molar-refractivity contribution < 1.29 is 9.59 Å². The highest BCUT2D eigenvalue weighted by Crippen LogP contribution is 2.13. The van der Waals surface area contributed by atoms with Gasteiger partial charge in [0, 0.05) is 19.0 Å². The standard InChI is InChI=1S/C12H22N2O2/c1-2-3-6-13-12(16)9-14-7-4-5-11(8-14)10-15/h10-11H,2-9H2,1H3,(H,13,16). The topological polar surface area (TPSA) is 49.4 Å². The van der Waals surface area contributed by atoms with E-state index < -0.39 is 0 Å². The van der Waals surface area contributed by atoms with Crippen LogP contribution in [-0.2, 0) is 9.59 Å². The first-order chi connectivity index (χ1) is 7.76. The number of hydrogen-bond acceptors (Lipinski definition) is 3. The summed E-state index contributed by atoms with van der Waals surface area (Å²) < 4.78 is 0. The first-order valence-electron chi connectivity index (χ1n) is 6.20.